The van der Waals surface area contributed by atoms with E-state index < -0.39 is 6.10 Å². The third-order valence-corrected chi connectivity index (χ3v) is 4.87. The van der Waals surface area contributed by atoms with E-state index in [9.17, 15) is 5.11 Å². The van der Waals surface area contributed by atoms with E-state index in [0.717, 1.165) is 38.1 Å². The molecule has 2 atom stereocenters. The fraction of sp³-hybridized carbons (Fsp3) is 0.478. The van der Waals surface area contributed by atoms with E-state index in [1.165, 1.54) is 11.1 Å². The standard InChI is InChI=1S/C23H31NO3/c1-19-7-5-10-21(13-19)14-24(16-23-11-6-12-27-23)15-22(25)18-26-17-20-8-3-2-4-9-20/h2-5,7-10,13,22-23,25H,6,11-12,14-18H2,1H3. The van der Waals surface area contributed by atoms with Crippen LogP contribution in [0.25, 0.3) is 0 Å². The van der Waals surface area contributed by atoms with Gasteiger partial charge in [0.25, 0.3) is 0 Å². The van der Waals surface area contributed by atoms with Crippen LogP contribution in [0.1, 0.15) is 29.5 Å². The molecule has 27 heavy (non-hydrogen) atoms. The molecule has 4 nitrogen and oxygen atoms in total. The number of aliphatic hydroxyl groups is 1. The highest BCUT2D eigenvalue weighted by atomic mass is 16.5. The maximum absolute atomic E-state index is 10.5. The highest BCUT2D eigenvalue weighted by Gasteiger charge is 2.21. The van der Waals surface area contributed by atoms with Crippen LogP contribution in [0.2, 0.25) is 0 Å². The Kier molecular flexibility index (Phi) is 7.84. The quantitative estimate of drug-likeness (QED) is 0.695. The van der Waals surface area contributed by atoms with Gasteiger partial charge in [-0.3, -0.25) is 4.90 Å². The predicted octanol–water partition coefficient (Wildman–Crippen LogP) is 3.55. The highest BCUT2D eigenvalue weighted by Crippen LogP contribution is 2.16. The van der Waals surface area contributed by atoms with Gasteiger partial charge in [-0.15, -0.1) is 0 Å². The van der Waals surface area contributed by atoms with Crippen molar-refractivity contribution in [3.8, 4) is 0 Å². The zero-order valence-electron chi connectivity index (χ0n) is 16.2. The Hall–Kier alpha value is -1.72. The Morgan fingerprint density at radius 2 is 1.96 bits per heavy atom. The molecule has 1 N–H and O–H groups in total. The van der Waals surface area contributed by atoms with Gasteiger partial charge in [0, 0.05) is 26.2 Å². The van der Waals surface area contributed by atoms with Gasteiger partial charge in [0.05, 0.1) is 25.4 Å². The second-order valence-electron chi connectivity index (χ2n) is 7.47. The maximum atomic E-state index is 10.5. The minimum absolute atomic E-state index is 0.271. The first-order valence-corrected chi connectivity index (χ1v) is 9.88. The van der Waals surface area contributed by atoms with Crippen LogP contribution in [0.5, 0.6) is 0 Å². The number of ether oxygens (including phenoxy) is 2. The van der Waals surface area contributed by atoms with Crippen LogP contribution >= 0.6 is 0 Å². The minimum atomic E-state index is -0.514. The lowest BCUT2D eigenvalue weighted by Gasteiger charge is -2.27. The molecule has 0 bridgehead atoms. The van der Waals surface area contributed by atoms with Crippen molar-refractivity contribution in [2.24, 2.45) is 0 Å². The Morgan fingerprint density at radius 1 is 1.15 bits per heavy atom. The molecule has 3 rings (SSSR count). The van der Waals surface area contributed by atoms with Crippen LogP contribution in [0.3, 0.4) is 0 Å². The lowest BCUT2D eigenvalue weighted by atomic mass is 10.1. The molecule has 0 amide bonds. The number of aryl methyl sites for hydroxylation is 1. The molecule has 0 aromatic heterocycles. The van der Waals surface area contributed by atoms with Crippen molar-refractivity contribution < 1.29 is 14.6 Å². The lowest BCUT2D eigenvalue weighted by molar-refractivity contribution is -0.00287. The molecular weight excluding hydrogens is 338 g/mol. The summed E-state index contributed by atoms with van der Waals surface area (Å²) in [5.41, 5.74) is 3.65. The molecule has 2 aromatic rings. The van der Waals surface area contributed by atoms with Crippen LogP contribution in [-0.4, -0.2) is 48.5 Å². The van der Waals surface area contributed by atoms with Gasteiger partial charge in [0.2, 0.25) is 0 Å². The first-order valence-electron chi connectivity index (χ1n) is 9.88. The zero-order chi connectivity index (χ0) is 18.9. The first kappa shape index (κ1) is 20.0. The second kappa shape index (κ2) is 10.6. The summed E-state index contributed by atoms with van der Waals surface area (Å²) < 4.78 is 11.5. The molecule has 0 spiro atoms. The first-order chi connectivity index (χ1) is 13.2. The van der Waals surface area contributed by atoms with E-state index in [0.29, 0.717) is 19.8 Å². The van der Waals surface area contributed by atoms with Crippen LogP contribution in [0, 0.1) is 6.92 Å². The normalized spacial score (nSPS) is 18.1. The Morgan fingerprint density at radius 3 is 2.70 bits per heavy atom. The summed E-state index contributed by atoms with van der Waals surface area (Å²) in [7, 11) is 0. The van der Waals surface area contributed by atoms with E-state index in [1.54, 1.807) is 0 Å². The van der Waals surface area contributed by atoms with Crippen LogP contribution in [0.4, 0.5) is 0 Å². The van der Waals surface area contributed by atoms with Crippen molar-refractivity contribution in [2.45, 2.75) is 45.1 Å². The number of hydrogen-bond donors (Lipinski definition) is 1. The van der Waals surface area contributed by atoms with Gasteiger partial charge in [-0.25, -0.2) is 0 Å². The van der Waals surface area contributed by atoms with Crippen LogP contribution < -0.4 is 0 Å². The Bertz CT molecular complexity index is 670. The van der Waals surface area contributed by atoms with Crippen molar-refractivity contribution in [1.29, 1.82) is 0 Å². The van der Waals surface area contributed by atoms with E-state index >= 15 is 0 Å². The van der Waals surface area contributed by atoms with Crippen molar-refractivity contribution in [3.63, 3.8) is 0 Å². The van der Waals surface area contributed by atoms with E-state index in [-0.39, 0.29) is 6.10 Å². The molecule has 0 aliphatic carbocycles. The maximum Gasteiger partial charge on any atom is 0.0900 e. The molecule has 1 aliphatic heterocycles. The number of hydrogen-bond acceptors (Lipinski definition) is 4. The summed E-state index contributed by atoms with van der Waals surface area (Å²) in [6.45, 7) is 6.09. The van der Waals surface area contributed by atoms with Crippen molar-refractivity contribution in [1.82, 2.24) is 4.90 Å². The van der Waals surface area contributed by atoms with Gasteiger partial charge < -0.3 is 14.6 Å². The topological polar surface area (TPSA) is 41.9 Å². The highest BCUT2D eigenvalue weighted by molar-refractivity contribution is 5.22. The van der Waals surface area contributed by atoms with E-state index in [2.05, 4.69) is 36.1 Å². The molecule has 4 heteroatoms. The van der Waals surface area contributed by atoms with Crippen molar-refractivity contribution >= 4 is 0 Å². The van der Waals surface area contributed by atoms with E-state index in [4.69, 9.17) is 9.47 Å². The largest absolute Gasteiger partial charge is 0.389 e. The third-order valence-electron chi connectivity index (χ3n) is 4.87. The van der Waals surface area contributed by atoms with Gasteiger partial charge in [0.15, 0.2) is 0 Å². The van der Waals surface area contributed by atoms with Gasteiger partial charge in [-0.05, 0) is 30.9 Å². The fourth-order valence-electron chi connectivity index (χ4n) is 3.59. The Balaban J connectivity index is 1.51. The van der Waals surface area contributed by atoms with Crippen LogP contribution in [-0.2, 0) is 22.6 Å². The SMILES string of the molecule is Cc1cccc(CN(CC(O)COCc2ccccc2)CC2CCCO2)c1. The summed E-state index contributed by atoms with van der Waals surface area (Å²) >= 11 is 0. The molecule has 2 unspecified atom stereocenters. The summed E-state index contributed by atoms with van der Waals surface area (Å²) in [5.74, 6) is 0. The summed E-state index contributed by atoms with van der Waals surface area (Å²) in [6.07, 6.45) is 1.99. The molecule has 2 aromatic carbocycles. The molecule has 1 aliphatic rings. The van der Waals surface area contributed by atoms with Gasteiger partial charge in [0.1, 0.15) is 0 Å². The minimum Gasteiger partial charge on any atom is -0.389 e. The number of benzene rings is 2. The number of rotatable bonds is 10. The van der Waals surface area contributed by atoms with Crippen molar-refractivity contribution in [3.05, 3.63) is 71.3 Å². The Labute approximate surface area is 162 Å². The molecule has 1 fully saturated rings. The molecule has 1 heterocycles. The molecular formula is C23H31NO3. The molecule has 0 saturated carbocycles. The average Bonchev–Trinajstić information content (AvgIpc) is 3.15. The second-order valence-corrected chi connectivity index (χ2v) is 7.47. The molecule has 0 radical (unpaired) electrons. The zero-order valence-corrected chi connectivity index (χ0v) is 16.2. The third kappa shape index (κ3) is 7.07. The van der Waals surface area contributed by atoms with Gasteiger partial charge >= 0.3 is 0 Å². The smallest absolute Gasteiger partial charge is 0.0900 e. The van der Waals surface area contributed by atoms with Gasteiger partial charge in [-0.1, -0.05) is 60.2 Å². The van der Waals surface area contributed by atoms with E-state index in [1.807, 2.05) is 30.3 Å². The fourth-order valence-corrected chi connectivity index (χ4v) is 3.59. The summed E-state index contributed by atoms with van der Waals surface area (Å²) in [6, 6.07) is 18.6. The summed E-state index contributed by atoms with van der Waals surface area (Å²) in [5, 5.41) is 10.5. The molecule has 1 saturated heterocycles. The van der Waals surface area contributed by atoms with Gasteiger partial charge in [-0.2, -0.15) is 0 Å². The molecule has 146 valence electrons. The van der Waals surface area contributed by atoms with Crippen LogP contribution in [0.15, 0.2) is 54.6 Å². The van der Waals surface area contributed by atoms with Crippen molar-refractivity contribution in [2.75, 3.05) is 26.3 Å². The lowest BCUT2D eigenvalue weighted by Crippen LogP contribution is -2.39. The monoisotopic (exact) mass is 369 g/mol. The number of aliphatic hydroxyl groups excluding tert-OH is 1. The number of nitrogens with zero attached hydrogens (tertiary/aromatic N) is 1. The predicted molar refractivity (Wildman–Crippen MR) is 108 cm³/mol. The average molecular weight is 370 g/mol. The summed E-state index contributed by atoms with van der Waals surface area (Å²) in [4.78, 5) is 2.29.